The Morgan fingerprint density at radius 1 is 1.41 bits per heavy atom. The predicted molar refractivity (Wildman–Crippen MR) is 65.1 cm³/mol. The van der Waals surface area contributed by atoms with Crippen LogP contribution in [-0.2, 0) is 14.8 Å². The van der Waals surface area contributed by atoms with E-state index < -0.39 is 10.0 Å². The van der Waals surface area contributed by atoms with Crippen molar-refractivity contribution in [2.24, 2.45) is 5.14 Å². The van der Waals surface area contributed by atoms with Gasteiger partial charge in [0.1, 0.15) is 5.88 Å². The molecule has 0 radical (unpaired) electrons. The summed E-state index contributed by atoms with van der Waals surface area (Å²) in [5.41, 5.74) is 0.774. The summed E-state index contributed by atoms with van der Waals surface area (Å²) in [7, 11) is -3.68. The highest BCUT2D eigenvalue weighted by atomic mass is 35.5. The highest BCUT2D eigenvalue weighted by Crippen LogP contribution is 2.15. The second-order valence-corrected chi connectivity index (χ2v) is 5.37. The van der Waals surface area contributed by atoms with Gasteiger partial charge in [0.2, 0.25) is 15.9 Å². The minimum atomic E-state index is -3.68. The van der Waals surface area contributed by atoms with Gasteiger partial charge in [-0.2, -0.15) is 0 Å². The highest BCUT2D eigenvalue weighted by Gasteiger charge is 2.11. The molecule has 1 aromatic rings. The van der Waals surface area contributed by atoms with E-state index in [1.54, 1.807) is 19.1 Å². The minimum absolute atomic E-state index is 0.0390. The molecule has 1 rings (SSSR count). The molecule has 1 aromatic carbocycles. The predicted octanol–water partition coefficient (Wildman–Crippen LogP) is 0.750. The van der Waals surface area contributed by atoms with Crippen molar-refractivity contribution in [2.75, 3.05) is 5.88 Å². The van der Waals surface area contributed by atoms with Gasteiger partial charge in [-0.25, -0.2) is 13.6 Å². The Hall–Kier alpha value is -1.11. The summed E-state index contributed by atoms with van der Waals surface area (Å²) >= 11 is 5.36. The molecule has 5 nitrogen and oxygen atoms in total. The molecule has 0 aliphatic rings. The third-order valence-electron chi connectivity index (χ3n) is 2.21. The average molecular weight is 277 g/mol. The third kappa shape index (κ3) is 3.99. The Morgan fingerprint density at radius 3 is 2.35 bits per heavy atom. The summed E-state index contributed by atoms with van der Waals surface area (Å²) in [5.74, 6) is -0.394. The quantitative estimate of drug-likeness (QED) is 0.795. The smallest absolute Gasteiger partial charge is 0.238 e. The number of benzene rings is 1. The number of amides is 1. The number of halogens is 1. The highest BCUT2D eigenvalue weighted by molar-refractivity contribution is 7.89. The van der Waals surface area contributed by atoms with Crippen molar-refractivity contribution in [3.05, 3.63) is 29.8 Å². The Balaban J connectivity index is 2.84. The Morgan fingerprint density at radius 2 is 1.94 bits per heavy atom. The van der Waals surface area contributed by atoms with E-state index in [2.05, 4.69) is 5.32 Å². The average Bonchev–Trinajstić information content (AvgIpc) is 2.27. The standard InChI is InChI=1S/C10H13ClN2O3S/c1-7(13-10(14)6-11)8-2-4-9(5-3-8)17(12,15)16/h2-5,7H,6H2,1H3,(H,13,14)(H2,12,15,16). The maximum Gasteiger partial charge on any atom is 0.238 e. The minimum Gasteiger partial charge on any atom is -0.349 e. The first-order valence-electron chi connectivity index (χ1n) is 4.82. The molecule has 0 aromatic heterocycles. The van der Waals surface area contributed by atoms with Crippen LogP contribution >= 0.6 is 11.6 Å². The molecule has 1 atom stereocenters. The monoisotopic (exact) mass is 276 g/mol. The molecule has 0 saturated carbocycles. The number of primary sulfonamides is 1. The van der Waals surface area contributed by atoms with Crippen molar-refractivity contribution in [1.82, 2.24) is 5.32 Å². The van der Waals surface area contributed by atoms with Gasteiger partial charge in [0, 0.05) is 0 Å². The number of rotatable bonds is 4. The van der Waals surface area contributed by atoms with Crippen molar-refractivity contribution in [3.8, 4) is 0 Å². The summed E-state index contributed by atoms with van der Waals surface area (Å²) < 4.78 is 22.1. The summed E-state index contributed by atoms with van der Waals surface area (Å²) in [4.78, 5) is 11.1. The first-order valence-corrected chi connectivity index (χ1v) is 6.91. The van der Waals surface area contributed by atoms with Crippen LogP contribution < -0.4 is 10.5 Å². The number of nitrogens with one attached hydrogen (secondary N) is 1. The number of alkyl halides is 1. The van der Waals surface area contributed by atoms with Crippen molar-refractivity contribution in [3.63, 3.8) is 0 Å². The van der Waals surface area contributed by atoms with Gasteiger partial charge in [-0.15, -0.1) is 11.6 Å². The molecular formula is C10H13ClN2O3S. The van der Waals surface area contributed by atoms with Gasteiger partial charge in [-0.3, -0.25) is 4.79 Å². The van der Waals surface area contributed by atoms with Crippen molar-refractivity contribution in [1.29, 1.82) is 0 Å². The first kappa shape index (κ1) is 14.0. The van der Waals surface area contributed by atoms with Gasteiger partial charge < -0.3 is 5.32 Å². The van der Waals surface area contributed by atoms with Crippen LogP contribution in [0.1, 0.15) is 18.5 Å². The summed E-state index contributed by atoms with van der Waals surface area (Å²) in [6.45, 7) is 1.77. The van der Waals surface area contributed by atoms with Crippen molar-refractivity contribution in [2.45, 2.75) is 17.9 Å². The normalized spacial score (nSPS) is 13.1. The molecule has 7 heteroatoms. The molecular weight excluding hydrogens is 264 g/mol. The largest absolute Gasteiger partial charge is 0.349 e. The molecule has 1 amide bonds. The summed E-state index contributed by atoms with van der Waals surface area (Å²) in [6.07, 6.45) is 0. The van der Waals surface area contributed by atoms with Crippen LogP contribution in [0.2, 0.25) is 0 Å². The van der Waals surface area contributed by atoms with Crippen molar-refractivity contribution < 1.29 is 13.2 Å². The van der Waals surface area contributed by atoms with E-state index >= 15 is 0 Å². The van der Waals surface area contributed by atoms with Gasteiger partial charge in [0.15, 0.2) is 0 Å². The first-order chi connectivity index (χ1) is 7.84. The molecule has 0 bridgehead atoms. The zero-order chi connectivity index (χ0) is 13.1. The lowest BCUT2D eigenvalue weighted by molar-refractivity contribution is -0.119. The molecule has 1 unspecified atom stereocenters. The Labute approximate surface area is 105 Å². The van der Waals surface area contributed by atoms with E-state index in [-0.39, 0.29) is 22.7 Å². The van der Waals surface area contributed by atoms with Crippen LogP contribution in [0.15, 0.2) is 29.2 Å². The fourth-order valence-corrected chi connectivity index (χ4v) is 1.90. The Kier molecular flexibility index (Phi) is 4.50. The topological polar surface area (TPSA) is 89.3 Å². The van der Waals surface area contributed by atoms with Gasteiger partial charge in [-0.05, 0) is 24.6 Å². The molecule has 0 saturated heterocycles. The van der Waals surface area contributed by atoms with Crippen LogP contribution in [0, 0.1) is 0 Å². The van der Waals surface area contributed by atoms with Crippen molar-refractivity contribution >= 4 is 27.5 Å². The number of nitrogens with two attached hydrogens (primary N) is 1. The number of sulfonamides is 1. The van der Waals surface area contributed by atoms with Crippen LogP contribution in [0.4, 0.5) is 0 Å². The Bertz CT molecular complexity index is 499. The molecule has 0 spiro atoms. The van der Waals surface area contributed by atoms with E-state index in [0.717, 1.165) is 5.56 Å². The van der Waals surface area contributed by atoms with Crippen LogP contribution in [0.5, 0.6) is 0 Å². The molecule has 3 N–H and O–H groups in total. The summed E-state index contributed by atoms with van der Waals surface area (Å²) in [5, 5.41) is 7.62. The van der Waals surface area contributed by atoms with Crippen LogP contribution in [-0.4, -0.2) is 20.2 Å². The van der Waals surface area contributed by atoms with E-state index in [1.165, 1.54) is 12.1 Å². The van der Waals surface area contributed by atoms with Crippen LogP contribution in [0.25, 0.3) is 0 Å². The SMILES string of the molecule is CC(NC(=O)CCl)c1ccc(S(N)(=O)=O)cc1. The number of hydrogen-bond acceptors (Lipinski definition) is 3. The van der Waals surface area contributed by atoms with E-state index in [1.807, 2.05) is 0 Å². The zero-order valence-corrected chi connectivity index (χ0v) is 10.8. The summed E-state index contributed by atoms with van der Waals surface area (Å²) in [6, 6.07) is 5.75. The maximum absolute atomic E-state index is 11.1. The zero-order valence-electron chi connectivity index (χ0n) is 9.18. The number of carbonyl (C=O) groups is 1. The van der Waals surface area contributed by atoms with Gasteiger partial charge in [0.25, 0.3) is 0 Å². The molecule has 0 aliphatic carbocycles. The molecule has 0 heterocycles. The van der Waals surface area contributed by atoms with Gasteiger partial charge in [0.05, 0.1) is 10.9 Å². The molecule has 0 fully saturated rings. The maximum atomic E-state index is 11.1. The van der Waals surface area contributed by atoms with E-state index in [0.29, 0.717) is 0 Å². The second kappa shape index (κ2) is 5.48. The lowest BCUT2D eigenvalue weighted by Gasteiger charge is -2.13. The van der Waals surface area contributed by atoms with Crippen LogP contribution in [0.3, 0.4) is 0 Å². The lowest BCUT2D eigenvalue weighted by atomic mass is 10.1. The van der Waals surface area contributed by atoms with E-state index in [9.17, 15) is 13.2 Å². The number of carbonyl (C=O) groups excluding carboxylic acids is 1. The number of hydrogen-bond donors (Lipinski definition) is 2. The third-order valence-corrected chi connectivity index (χ3v) is 3.38. The van der Waals surface area contributed by atoms with E-state index in [4.69, 9.17) is 16.7 Å². The fourth-order valence-electron chi connectivity index (χ4n) is 1.31. The van der Waals surface area contributed by atoms with Gasteiger partial charge >= 0.3 is 0 Å². The molecule has 17 heavy (non-hydrogen) atoms. The molecule has 94 valence electrons. The van der Waals surface area contributed by atoms with Gasteiger partial charge in [-0.1, -0.05) is 12.1 Å². The molecule has 0 aliphatic heterocycles. The fraction of sp³-hybridized carbons (Fsp3) is 0.300. The second-order valence-electron chi connectivity index (χ2n) is 3.54. The lowest BCUT2D eigenvalue weighted by Crippen LogP contribution is -2.27.